The van der Waals surface area contributed by atoms with Gasteiger partial charge in [-0.25, -0.2) is 0 Å². The van der Waals surface area contributed by atoms with Crippen molar-refractivity contribution in [3.05, 3.63) is 54.6 Å². The van der Waals surface area contributed by atoms with E-state index in [2.05, 4.69) is 0 Å². The summed E-state index contributed by atoms with van der Waals surface area (Å²) >= 11 is 0. The van der Waals surface area contributed by atoms with Crippen molar-refractivity contribution < 1.29 is 19.4 Å². The SMILES string of the molecule is OCC(O)COc1ccc(-c2cc3ccccc3o2)cc1. The van der Waals surface area contributed by atoms with Gasteiger partial charge in [0.05, 0.1) is 6.61 Å². The maximum Gasteiger partial charge on any atom is 0.135 e. The lowest BCUT2D eigenvalue weighted by Gasteiger charge is -2.09. The van der Waals surface area contributed by atoms with Crippen molar-refractivity contribution in [2.45, 2.75) is 6.10 Å². The fraction of sp³-hybridized carbons (Fsp3) is 0.176. The molecule has 0 spiro atoms. The maximum absolute atomic E-state index is 9.24. The van der Waals surface area contributed by atoms with Crippen LogP contribution >= 0.6 is 0 Å². The van der Waals surface area contributed by atoms with Crippen molar-refractivity contribution >= 4 is 11.0 Å². The van der Waals surface area contributed by atoms with Crippen LogP contribution in [0.5, 0.6) is 5.75 Å². The van der Waals surface area contributed by atoms with Crippen LogP contribution in [0.1, 0.15) is 0 Å². The van der Waals surface area contributed by atoms with Crippen LogP contribution in [0.15, 0.2) is 59.0 Å². The van der Waals surface area contributed by atoms with E-state index in [1.165, 1.54) is 0 Å². The first-order valence-corrected chi connectivity index (χ1v) is 6.77. The molecule has 0 radical (unpaired) electrons. The van der Waals surface area contributed by atoms with Crippen molar-refractivity contribution in [3.63, 3.8) is 0 Å². The Bertz CT molecular complexity index is 682. The molecule has 3 aromatic rings. The molecule has 0 saturated heterocycles. The average molecular weight is 284 g/mol. The first kappa shape index (κ1) is 13.7. The third-order valence-corrected chi connectivity index (χ3v) is 3.22. The predicted molar refractivity (Wildman–Crippen MR) is 80.2 cm³/mol. The number of aliphatic hydroxyl groups excluding tert-OH is 2. The molecule has 0 fully saturated rings. The molecule has 0 aliphatic carbocycles. The van der Waals surface area contributed by atoms with Crippen molar-refractivity contribution in [2.75, 3.05) is 13.2 Å². The van der Waals surface area contributed by atoms with Crippen LogP contribution in [0.3, 0.4) is 0 Å². The van der Waals surface area contributed by atoms with Crippen molar-refractivity contribution in [1.82, 2.24) is 0 Å². The molecule has 108 valence electrons. The number of rotatable bonds is 5. The van der Waals surface area contributed by atoms with E-state index >= 15 is 0 Å². The predicted octanol–water partition coefficient (Wildman–Crippen LogP) is 2.83. The zero-order valence-corrected chi connectivity index (χ0v) is 11.4. The number of fused-ring (bicyclic) bond motifs is 1. The lowest BCUT2D eigenvalue weighted by Crippen LogP contribution is -2.21. The minimum atomic E-state index is -0.861. The van der Waals surface area contributed by atoms with E-state index in [0.29, 0.717) is 5.75 Å². The summed E-state index contributed by atoms with van der Waals surface area (Å²) in [5, 5.41) is 19.0. The molecule has 0 saturated carbocycles. The molecular weight excluding hydrogens is 268 g/mol. The van der Waals surface area contributed by atoms with Gasteiger partial charge in [0, 0.05) is 10.9 Å². The third-order valence-electron chi connectivity index (χ3n) is 3.22. The highest BCUT2D eigenvalue weighted by Gasteiger charge is 2.07. The second-order valence-corrected chi connectivity index (χ2v) is 4.82. The highest BCUT2D eigenvalue weighted by atomic mass is 16.5. The van der Waals surface area contributed by atoms with Gasteiger partial charge in [0.15, 0.2) is 0 Å². The van der Waals surface area contributed by atoms with E-state index in [0.717, 1.165) is 22.3 Å². The van der Waals surface area contributed by atoms with Gasteiger partial charge in [0.2, 0.25) is 0 Å². The molecule has 0 aliphatic heterocycles. The van der Waals surface area contributed by atoms with Crippen molar-refractivity contribution in [2.24, 2.45) is 0 Å². The number of aliphatic hydroxyl groups is 2. The number of hydrogen-bond acceptors (Lipinski definition) is 4. The van der Waals surface area contributed by atoms with Crippen LogP contribution in [0.4, 0.5) is 0 Å². The first-order valence-electron chi connectivity index (χ1n) is 6.77. The van der Waals surface area contributed by atoms with E-state index < -0.39 is 6.10 Å². The molecule has 1 heterocycles. The van der Waals surface area contributed by atoms with E-state index in [9.17, 15) is 5.11 Å². The monoisotopic (exact) mass is 284 g/mol. The van der Waals surface area contributed by atoms with E-state index in [1.807, 2.05) is 54.6 Å². The number of hydrogen-bond donors (Lipinski definition) is 2. The van der Waals surface area contributed by atoms with Crippen LogP contribution in [0.2, 0.25) is 0 Å². The fourth-order valence-corrected chi connectivity index (χ4v) is 2.08. The van der Waals surface area contributed by atoms with Crippen molar-refractivity contribution in [1.29, 1.82) is 0 Å². The third kappa shape index (κ3) is 3.07. The second-order valence-electron chi connectivity index (χ2n) is 4.82. The van der Waals surface area contributed by atoms with Crippen LogP contribution in [-0.4, -0.2) is 29.5 Å². The molecule has 1 aromatic heterocycles. The Hall–Kier alpha value is -2.30. The van der Waals surface area contributed by atoms with Crippen LogP contribution in [0, 0.1) is 0 Å². The molecule has 0 bridgehead atoms. The Morgan fingerprint density at radius 3 is 2.52 bits per heavy atom. The molecule has 3 rings (SSSR count). The maximum atomic E-state index is 9.24. The van der Waals surface area contributed by atoms with Gasteiger partial charge in [0.25, 0.3) is 0 Å². The summed E-state index contributed by atoms with van der Waals surface area (Å²) in [6.45, 7) is -0.239. The fourth-order valence-electron chi connectivity index (χ4n) is 2.08. The number of ether oxygens (including phenoxy) is 1. The summed E-state index contributed by atoms with van der Waals surface area (Å²) in [5.41, 5.74) is 1.82. The topological polar surface area (TPSA) is 62.8 Å². The Morgan fingerprint density at radius 1 is 1.05 bits per heavy atom. The molecule has 1 unspecified atom stereocenters. The summed E-state index contributed by atoms with van der Waals surface area (Å²) in [6, 6.07) is 17.3. The first-order chi connectivity index (χ1) is 10.3. The molecule has 2 aromatic carbocycles. The van der Waals surface area contributed by atoms with E-state index in [4.69, 9.17) is 14.3 Å². The van der Waals surface area contributed by atoms with Crippen LogP contribution in [-0.2, 0) is 0 Å². The lowest BCUT2D eigenvalue weighted by atomic mass is 10.1. The number of furan rings is 1. The quantitative estimate of drug-likeness (QED) is 0.756. The molecule has 4 heteroatoms. The molecular formula is C17H16O4. The Labute approximate surface area is 122 Å². The van der Waals surface area contributed by atoms with E-state index in [1.54, 1.807) is 0 Å². The Morgan fingerprint density at radius 2 is 1.81 bits per heavy atom. The largest absolute Gasteiger partial charge is 0.491 e. The van der Waals surface area contributed by atoms with Gasteiger partial charge < -0.3 is 19.4 Å². The summed E-state index contributed by atoms with van der Waals surface area (Å²) in [6.07, 6.45) is -0.861. The average Bonchev–Trinajstić information content (AvgIpc) is 2.97. The molecule has 0 amide bonds. The smallest absolute Gasteiger partial charge is 0.135 e. The lowest BCUT2D eigenvalue weighted by molar-refractivity contribution is 0.0536. The number of para-hydroxylation sites is 1. The summed E-state index contributed by atoms with van der Waals surface area (Å²) < 4.78 is 11.2. The minimum Gasteiger partial charge on any atom is -0.491 e. The van der Waals surface area contributed by atoms with Gasteiger partial charge in [-0.1, -0.05) is 18.2 Å². The van der Waals surface area contributed by atoms with Crippen molar-refractivity contribution in [3.8, 4) is 17.1 Å². The normalized spacial score (nSPS) is 12.5. The standard InChI is InChI=1S/C17H16O4/c18-10-14(19)11-20-15-7-5-12(6-8-15)17-9-13-3-1-2-4-16(13)21-17/h1-9,14,18-19H,10-11H2. The zero-order valence-electron chi connectivity index (χ0n) is 11.4. The zero-order chi connectivity index (χ0) is 14.7. The summed E-state index contributed by atoms with van der Waals surface area (Å²) in [4.78, 5) is 0. The van der Waals surface area contributed by atoms with Gasteiger partial charge >= 0.3 is 0 Å². The Kier molecular flexibility index (Phi) is 3.90. The van der Waals surface area contributed by atoms with Gasteiger partial charge in [-0.3, -0.25) is 0 Å². The van der Waals surface area contributed by atoms with Gasteiger partial charge in [0.1, 0.15) is 29.8 Å². The number of benzene rings is 2. The van der Waals surface area contributed by atoms with Crippen LogP contribution in [0.25, 0.3) is 22.3 Å². The minimum absolute atomic E-state index is 0.0699. The van der Waals surface area contributed by atoms with Crippen LogP contribution < -0.4 is 4.74 Å². The molecule has 4 nitrogen and oxygen atoms in total. The molecule has 2 N–H and O–H groups in total. The molecule has 21 heavy (non-hydrogen) atoms. The summed E-state index contributed by atoms with van der Waals surface area (Å²) in [7, 11) is 0. The van der Waals surface area contributed by atoms with E-state index in [-0.39, 0.29) is 13.2 Å². The van der Waals surface area contributed by atoms with Gasteiger partial charge in [-0.2, -0.15) is 0 Å². The van der Waals surface area contributed by atoms with Gasteiger partial charge in [-0.05, 0) is 36.4 Å². The Balaban J connectivity index is 1.77. The second kappa shape index (κ2) is 5.99. The molecule has 1 atom stereocenters. The van der Waals surface area contributed by atoms with Gasteiger partial charge in [-0.15, -0.1) is 0 Å². The highest BCUT2D eigenvalue weighted by molar-refractivity contribution is 5.82. The molecule has 0 aliphatic rings. The highest BCUT2D eigenvalue weighted by Crippen LogP contribution is 2.28. The summed E-state index contributed by atoms with van der Waals surface area (Å²) in [5.74, 6) is 1.44.